The van der Waals surface area contributed by atoms with Crippen LogP contribution in [0.1, 0.15) is 10.4 Å². The van der Waals surface area contributed by atoms with Gasteiger partial charge >= 0.3 is 18.3 Å². The molecular formula is C13H13ClF4O3. The molecule has 0 spiro atoms. The minimum atomic E-state index is -4.25. The Morgan fingerprint density at radius 3 is 2.38 bits per heavy atom. The third-order valence-corrected chi connectivity index (χ3v) is 2.72. The van der Waals surface area contributed by atoms with E-state index in [0.717, 1.165) is 0 Å². The zero-order valence-electron chi connectivity index (χ0n) is 10.8. The average Bonchev–Trinajstić information content (AvgIpc) is 2.46. The van der Waals surface area contributed by atoms with Gasteiger partial charge in [-0.05, 0) is 12.1 Å². The first-order valence-electron chi connectivity index (χ1n) is 5.92. The maximum atomic E-state index is 12.6. The standard InChI is InChI=1S/C13H13ClF4O3/c14-6-10(7-20-8-13(17,18)12(15)16)21-11(19)9-4-2-1-3-5-9/h1-5,10,12H,6-8H2. The first kappa shape index (κ1) is 17.7. The van der Waals surface area contributed by atoms with Crippen LogP contribution in [0.25, 0.3) is 0 Å². The molecule has 0 N–H and O–H groups in total. The molecule has 1 aromatic carbocycles. The van der Waals surface area contributed by atoms with Crippen molar-refractivity contribution in [1.29, 1.82) is 0 Å². The molecule has 0 radical (unpaired) electrons. The lowest BCUT2D eigenvalue weighted by atomic mass is 10.2. The van der Waals surface area contributed by atoms with Crippen molar-refractivity contribution in [3.8, 4) is 0 Å². The Labute approximate surface area is 123 Å². The van der Waals surface area contributed by atoms with Crippen LogP contribution < -0.4 is 0 Å². The minimum Gasteiger partial charge on any atom is -0.455 e. The molecule has 0 fully saturated rings. The summed E-state index contributed by atoms with van der Waals surface area (Å²) in [5.74, 6) is -5.16. The quantitative estimate of drug-likeness (QED) is 0.417. The fourth-order valence-electron chi connectivity index (χ4n) is 1.29. The summed E-state index contributed by atoms with van der Waals surface area (Å²) in [7, 11) is 0. The highest BCUT2D eigenvalue weighted by Gasteiger charge is 2.41. The normalized spacial score (nSPS) is 13.2. The number of carbonyl (C=O) groups excluding carboxylic acids is 1. The Hall–Kier alpha value is -1.34. The second-order valence-electron chi connectivity index (χ2n) is 4.12. The van der Waals surface area contributed by atoms with Gasteiger partial charge in [-0.15, -0.1) is 11.6 Å². The van der Waals surface area contributed by atoms with Crippen LogP contribution in [0.4, 0.5) is 17.6 Å². The average molecular weight is 329 g/mol. The molecule has 21 heavy (non-hydrogen) atoms. The molecule has 1 unspecified atom stereocenters. The van der Waals surface area contributed by atoms with Crippen LogP contribution >= 0.6 is 11.6 Å². The fourth-order valence-corrected chi connectivity index (χ4v) is 1.45. The van der Waals surface area contributed by atoms with Gasteiger partial charge in [0.15, 0.2) is 0 Å². The van der Waals surface area contributed by atoms with Crippen molar-refractivity contribution in [2.24, 2.45) is 0 Å². The predicted octanol–water partition coefficient (Wildman–Crippen LogP) is 3.37. The maximum Gasteiger partial charge on any atom is 0.338 e. The Bertz CT molecular complexity index is 442. The van der Waals surface area contributed by atoms with Crippen molar-refractivity contribution < 1.29 is 31.8 Å². The molecule has 0 amide bonds. The van der Waals surface area contributed by atoms with Crippen molar-refractivity contribution in [2.75, 3.05) is 19.1 Å². The Balaban J connectivity index is 2.44. The molecule has 0 aliphatic heterocycles. The van der Waals surface area contributed by atoms with Crippen molar-refractivity contribution in [2.45, 2.75) is 18.5 Å². The van der Waals surface area contributed by atoms with Gasteiger partial charge < -0.3 is 9.47 Å². The number of hydrogen-bond acceptors (Lipinski definition) is 3. The number of esters is 1. The van der Waals surface area contributed by atoms with Gasteiger partial charge in [0.1, 0.15) is 12.7 Å². The molecule has 118 valence electrons. The molecular weight excluding hydrogens is 316 g/mol. The summed E-state index contributed by atoms with van der Waals surface area (Å²) < 4.78 is 58.4. The molecule has 0 saturated carbocycles. The molecule has 1 rings (SSSR count). The molecule has 8 heteroatoms. The summed E-state index contributed by atoms with van der Waals surface area (Å²) in [4.78, 5) is 11.7. The summed E-state index contributed by atoms with van der Waals surface area (Å²) in [5.41, 5.74) is 0.255. The fraction of sp³-hybridized carbons (Fsp3) is 0.462. The zero-order chi connectivity index (χ0) is 15.9. The van der Waals surface area contributed by atoms with Crippen LogP contribution in [0.5, 0.6) is 0 Å². The van der Waals surface area contributed by atoms with E-state index in [0.29, 0.717) is 0 Å². The molecule has 0 aliphatic carbocycles. The highest BCUT2D eigenvalue weighted by atomic mass is 35.5. The maximum absolute atomic E-state index is 12.6. The van der Waals surface area contributed by atoms with E-state index in [1.54, 1.807) is 18.2 Å². The SMILES string of the molecule is O=C(OC(CCl)COCC(F)(F)C(F)F)c1ccccc1. The summed E-state index contributed by atoms with van der Waals surface area (Å²) >= 11 is 5.52. The first-order chi connectivity index (χ1) is 9.86. The van der Waals surface area contributed by atoms with Gasteiger partial charge in [-0.2, -0.15) is 8.78 Å². The van der Waals surface area contributed by atoms with E-state index >= 15 is 0 Å². The third kappa shape index (κ3) is 5.89. The Morgan fingerprint density at radius 1 is 1.24 bits per heavy atom. The second-order valence-corrected chi connectivity index (χ2v) is 4.43. The first-order valence-corrected chi connectivity index (χ1v) is 6.46. The summed E-state index contributed by atoms with van der Waals surface area (Å²) in [6.45, 7) is -1.97. The second kappa shape index (κ2) is 8.19. The van der Waals surface area contributed by atoms with E-state index in [4.69, 9.17) is 16.3 Å². The lowest BCUT2D eigenvalue weighted by molar-refractivity contribution is -0.170. The minimum absolute atomic E-state index is 0.210. The molecule has 1 atom stereocenters. The van der Waals surface area contributed by atoms with Crippen LogP contribution in [-0.2, 0) is 9.47 Å². The van der Waals surface area contributed by atoms with Crippen LogP contribution in [0.3, 0.4) is 0 Å². The van der Waals surface area contributed by atoms with Gasteiger partial charge in [-0.3, -0.25) is 0 Å². The molecule has 0 saturated heterocycles. The number of hydrogen-bond donors (Lipinski definition) is 0. The van der Waals surface area contributed by atoms with Gasteiger partial charge in [0.2, 0.25) is 0 Å². The number of alkyl halides is 5. The summed E-state index contributed by atoms with van der Waals surface area (Å²) in [6, 6.07) is 7.93. The van der Waals surface area contributed by atoms with E-state index in [2.05, 4.69) is 4.74 Å². The van der Waals surface area contributed by atoms with Gasteiger partial charge in [-0.25, -0.2) is 13.6 Å². The predicted molar refractivity (Wildman–Crippen MR) is 68.1 cm³/mol. The summed E-state index contributed by atoms with van der Waals surface area (Å²) in [6.07, 6.45) is -4.83. The topological polar surface area (TPSA) is 35.5 Å². The van der Waals surface area contributed by atoms with Crippen LogP contribution in [0.2, 0.25) is 0 Å². The van der Waals surface area contributed by atoms with Crippen molar-refractivity contribution in [1.82, 2.24) is 0 Å². The van der Waals surface area contributed by atoms with Crippen LogP contribution in [0, 0.1) is 0 Å². The lowest BCUT2D eigenvalue weighted by Gasteiger charge is -2.19. The van der Waals surface area contributed by atoms with Crippen molar-refractivity contribution in [3.63, 3.8) is 0 Å². The van der Waals surface area contributed by atoms with E-state index in [-0.39, 0.29) is 11.4 Å². The Kier molecular flexibility index (Phi) is 6.91. The third-order valence-electron chi connectivity index (χ3n) is 2.37. The number of ether oxygens (including phenoxy) is 2. The molecule has 0 bridgehead atoms. The van der Waals surface area contributed by atoms with E-state index in [1.807, 2.05) is 0 Å². The van der Waals surface area contributed by atoms with Gasteiger partial charge in [0.25, 0.3) is 0 Å². The van der Waals surface area contributed by atoms with Gasteiger partial charge in [0, 0.05) is 0 Å². The van der Waals surface area contributed by atoms with E-state index in [9.17, 15) is 22.4 Å². The highest BCUT2D eigenvalue weighted by molar-refractivity contribution is 6.18. The van der Waals surface area contributed by atoms with E-state index in [1.165, 1.54) is 12.1 Å². The van der Waals surface area contributed by atoms with Crippen LogP contribution in [0.15, 0.2) is 30.3 Å². The zero-order valence-corrected chi connectivity index (χ0v) is 11.5. The smallest absolute Gasteiger partial charge is 0.338 e. The van der Waals surface area contributed by atoms with Crippen LogP contribution in [-0.4, -0.2) is 43.5 Å². The molecule has 0 aliphatic rings. The lowest BCUT2D eigenvalue weighted by Crippen LogP contribution is -2.35. The van der Waals surface area contributed by atoms with Crippen molar-refractivity contribution in [3.05, 3.63) is 35.9 Å². The molecule has 1 aromatic rings. The number of benzene rings is 1. The monoisotopic (exact) mass is 328 g/mol. The number of carbonyl (C=O) groups is 1. The number of halogens is 5. The largest absolute Gasteiger partial charge is 0.455 e. The molecule has 0 aromatic heterocycles. The molecule has 3 nitrogen and oxygen atoms in total. The van der Waals surface area contributed by atoms with Gasteiger partial charge in [0.05, 0.1) is 18.1 Å². The Morgan fingerprint density at radius 2 is 1.86 bits per heavy atom. The highest BCUT2D eigenvalue weighted by Crippen LogP contribution is 2.23. The number of rotatable bonds is 8. The van der Waals surface area contributed by atoms with Crippen molar-refractivity contribution >= 4 is 17.6 Å². The van der Waals surface area contributed by atoms with Gasteiger partial charge in [-0.1, -0.05) is 18.2 Å². The van der Waals surface area contributed by atoms with E-state index < -0.39 is 37.6 Å². The summed E-state index contributed by atoms with van der Waals surface area (Å²) in [5, 5.41) is 0. The molecule has 0 heterocycles.